The van der Waals surface area contributed by atoms with Crippen molar-refractivity contribution >= 4 is 33.4 Å². The molecule has 0 radical (unpaired) electrons. The van der Waals surface area contributed by atoms with Gasteiger partial charge >= 0.3 is 0 Å². The van der Waals surface area contributed by atoms with Crippen molar-refractivity contribution in [2.75, 3.05) is 25.6 Å². The van der Waals surface area contributed by atoms with Gasteiger partial charge in [0.2, 0.25) is 15.9 Å². The molecular formula is C19H21N3O6S. The van der Waals surface area contributed by atoms with Crippen LogP contribution in [0.4, 0.5) is 11.4 Å². The minimum Gasteiger partial charge on any atom is -0.385 e. The number of anilines is 1. The number of hydrogen-bond acceptors (Lipinski definition) is 6. The molecule has 0 unspecified atom stereocenters. The lowest BCUT2D eigenvalue weighted by molar-refractivity contribution is -0.385. The molecule has 0 saturated heterocycles. The molecule has 2 aromatic carbocycles. The van der Waals surface area contributed by atoms with Crippen molar-refractivity contribution in [3.05, 3.63) is 70.3 Å². The Morgan fingerprint density at radius 3 is 2.52 bits per heavy atom. The molecule has 0 atom stereocenters. The van der Waals surface area contributed by atoms with Crippen molar-refractivity contribution in [3.8, 4) is 0 Å². The van der Waals surface area contributed by atoms with Crippen LogP contribution in [-0.4, -0.2) is 39.5 Å². The summed E-state index contributed by atoms with van der Waals surface area (Å²) in [5.74, 6) is -0.503. The number of nitrogens with zero attached hydrogens (tertiary/aromatic N) is 1. The standard InChI is InChI=1S/C19H21N3O6S/c1-28-14-4-13-20-29(26,27)17-10-8-16(9-11-17)21-19(23)12-7-15-5-2-3-6-18(15)22(24)25/h2-3,5-12,20H,4,13-14H2,1H3,(H,21,23)/b12-7+. The van der Waals surface area contributed by atoms with Crippen molar-refractivity contribution in [2.45, 2.75) is 11.3 Å². The van der Waals surface area contributed by atoms with E-state index in [1.54, 1.807) is 6.07 Å². The molecule has 29 heavy (non-hydrogen) atoms. The number of methoxy groups -OCH3 is 1. The Bertz CT molecular complexity index is 987. The molecule has 2 N–H and O–H groups in total. The first kappa shape index (κ1) is 22.2. The van der Waals surface area contributed by atoms with E-state index in [2.05, 4.69) is 10.0 Å². The van der Waals surface area contributed by atoms with Gasteiger partial charge in [0.25, 0.3) is 5.69 Å². The molecule has 0 aromatic heterocycles. The van der Waals surface area contributed by atoms with Gasteiger partial charge in [0.05, 0.1) is 15.4 Å². The van der Waals surface area contributed by atoms with Gasteiger partial charge in [0, 0.05) is 38.1 Å². The van der Waals surface area contributed by atoms with Gasteiger partial charge in [-0.1, -0.05) is 12.1 Å². The van der Waals surface area contributed by atoms with Gasteiger partial charge in [-0.2, -0.15) is 0 Å². The number of amides is 1. The van der Waals surface area contributed by atoms with Crippen LogP contribution in [0.3, 0.4) is 0 Å². The molecule has 10 heteroatoms. The third-order valence-electron chi connectivity index (χ3n) is 3.80. The van der Waals surface area contributed by atoms with Crippen LogP contribution in [0.1, 0.15) is 12.0 Å². The van der Waals surface area contributed by atoms with Gasteiger partial charge in [0.1, 0.15) is 0 Å². The van der Waals surface area contributed by atoms with Gasteiger partial charge in [-0.05, 0) is 42.8 Å². The smallest absolute Gasteiger partial charge is 0.276 e. The van der Waals surface area contributed by atoms with E-state index in [-0.39, 0.29) is 17.1 Å². The number of carbonyl (C=O) groups is 1. The fourth-order valence-electron chi connectivity index (χ4n) is 2.37. The molecule has 9 nitrogen and oxygen atoms in total. The van der Waals surface area contributed by atoms with Crippen LogP contribution < -0.4 is 10.0 Å². The zero-order valence-corrected chi connectivity index (χ0v) is 16.5. The number of nitro groups is 1. The number of ether oxygens (including phenoxy) is 1. The molecule has 0 aliphatic rings. The van der Waals surface area contributed by atoms with Crippen LogP contribution in [0.5, 0.6) is 0 Å². The molecule has 0 aliphatic heterocycles. The minimum atomic E-state index is -3.64. The van der Waals surface area contributed by atoms with Crippen molar-refractivity contribution in [1.82, 2.24) is 4.72 Å². The van der Waals surface area contributed by atoms with Crippen LogP contribution >= 0.6 is 0 Å². The number of nitro benzene ring substituents is 1. The monoisotopic (exact) mass is 419 g/mol. The highest BCUT2D eigenvalue weighted by Crippen LogP contribution is 2.19. The summed E-state index contributed by atoms with van der Waals surface area (Å²) in [4.78, 5) is 22.6. The van der Waals surface area contributed by atoms with E-state index in [4.69, 9.17) is 4.74 Å². The Hall–Kier alpha value is -3.08. The summed E-state index contributed by atoms with van der Waals surface area (Å²) in [6, 6.07) is 11.7. The second-order valence-corrected chi connectivity index (χ2v) is 7.67. The molecule has 2 aromatic rings. The first-order valence-electron chi connectivity index (χ1n) is 8.64. The van der Waals surface area contributed by atoms with Gasteiger partial charge in [-0.25, -0.2) is 13.1 Å². The number of para-hydroxylation sites is 1. The number of rotatable bonds is 10. The molecule has 0 heterocycles. The second kappa shape index (κ2) is 10.5. The lowest BCUT2D eigenvalue weighted by atomic mass is 10.1. The Morgan fingerprint density at radius 2 is 1.86 bits per heavy atom. The highest BCUT2D eigenvalue weighted by atomic mass is 32.2. The second-order valence-electron chi connectivity index (χ2n) is 5.91. The first-order chi connectivity index (χ1) is 13.8. The SMILES string of the molecule is COCCCNS(=O)(=O)c1ccc(NC(=O)/C=C/c2ccccc2[N+](=O)[O-])cc1. The lowest BCUT2D eigenvalue weighted by Crippen LogP contribution is -2.25. The normalized spacial score (nSPS) is 11.5. The summed E-state index contributed by atoms with van der Waals surface area (Å²) in [5, 5.41) is 13.6. The highest BCUT2D eigenvalue weighted by molar-refractivity contribution is 7.89. The van der Waals surface area contributed by atoms with Crippen LogP contribution in [0.2, 0.25) is 0 Å². The Labute approximate surface area is 168 Å². The summed E-state index contributed by atoms with van der Waals surface area (Å²) in [7, 11) is -2.10. The molecule has 0 fully saturated rings. The van der Waals surface area contributed by atoms with E-state index < -0.39 is 20.9 Å². The highest BCUT2D eigenvalue weighted by Gasteiger charge is 2.13. The van der Waals surface area contributed by atoms with Gasteiger partial charge in [-0.3, -0.25) is 14.9 Å². The third kappa shape index (κ3) is 6.79. The zero-order valence-electron chi connectivity index (χ0n) is 15.7. The van der Waals surface area contributed by atoms with Crippen molar-refractivity contribution in [2.24, 2.45) is 0 Å². The molecule has 2 rings (SSSR count). The number of benzene rings is 2. The molecule has 0 bridgehead atoms. The maximum atomic E-state index is 12.2. The molecule has 0 saturated carbocycles. The van der Waals surface area contributed by atoms with E-state index in [0.29, 0.717) is 24.3 Å². The summed E-state index contributed by atoms with van der Waals surface area (Å²) in [6.45, 7) is 0.707. The fourth-order valence-corrected chi connectivity index (χ4v) is 3.44. The van der Waals surface area contributed by atoms with Crippen LogP contribution in [-0.2, 0) is 19.6 Å². The van der Waals surface area contributed by atoms with E-state index in [9.17, 15) is 23.3 Å². The number of carbonyl (C=O) groups excluding carboxylic acids is 1. The molecule has 1 amide bonds. The summed E-state index contributed by atoms with van der Waals surface area (Å²) in [6.07, 6.45) is 3.07. The van der Waals surface area contributed by atoms with Crippen molar-refractivity contribution < 1.29 is 22.9 Å². The van der Waals surface area contributed by atoms with Crippen LogP contribution in [0, 0.1) is 10.1 Å². The van der Waals surface area contributed by atoms with E-state index in [1.165, 1.54) is 61.7 Å². The summed E-state index contributed by atoms with van der Waals surface area (Å²) >= 11 is 0. The van der Waals surface area contributed by atoms with E-state index in [1.807, 2.05) is 0 Å². The van der Waals surface area contributed by atoms with Crippen molar-refractivity contribution in [3.63, 3.8) is 0 Å². The third-order valence-corrected chi connectivity index (χ3v) is 5.27. The van der Waals surface area contributed by atoms with Gasteiger partial charge < -0.3 is 10.1 Å². The maximum Gasteiger partial charge on any atom is 0.276 e. The summed E-state index contributed by atoms with van der Waals surface area (Å²) in [5.41, 5.74) is 0.582. The van der Waals surface area contributed by atoms with Crippen molar-refractivity contribution in [1.29, 1.82) is 0 Å². The average molecular weight is 419 g/mol. The summed E-state index contributed by atoms with van der Waals surface area (Å²) < 4.78 is 31.7. The minimum absolute atomic E-state index is 0.0726. The van der Waals surface area contributed by atoms with Gasteiger partial charge in [-0.15, -0.1) is 0 Å². The van der Waals surface area contributed by atoms with Gasteiger partial charge in [0.15, 0.2) is 0 Å². The molecule has 0 aliphatic carbocycles. The molecule has 0 spiro atoms. The first-order valence-corrected chi connectivity index (χ1v) is 10.1. The largest absolute Gasteiger partial charge is 0.385 e. The lowest BCUT2D eigenvalue weighted by Gasteiger charge is -2.08. The maximum absolute atomic E-state index is 12.2. The Morgan fingerprint density at radius 1 is 1.17 bits per heavy atom. The topological polar surface area (TPSA) is 128 Å². The predicted octanol–water partition coefficient (Wildman–Crippen LogP) is 2.56. The Balaban J connectivity index is 1.99. The molecular weight excluding hydrogens is 398 g/mol. The number of hydrogen-bond donors (Lipinski definition) is 2. The van der Waals surface area contributed by atoms with E-state index >= 15 is 0 Å². The van der Waals surface area contributed by atoms with Crippen LogP contribution in [0.15, 0.2) is 59.5 Å². The fraction of sp³-hybridized carbons (Fsp3) is 0.211. The average Bonchev–Trinajstić information content (AvgIpc) is 2.70. The van der Waals surface area contributed by atoms with E-state index in [0.717, 1.165) is 0 Å². The Kier molecular flexibility index (Phi) is 8.01. The quantitative estimate of drug-likeness (QED) is 0.264. The number of nitrogens with one attached hydrogen (secondary N) is 2. The zero-order chi connectivity index (χ0) is 21.3. The van der Waals surface area contributed by atoms with Crippen LogP contribution in [0.25, 0.3) is 6.08 Å². The number of sulfonamides is 1. The predicted molar refractivity (Wildman–Crippen MR) is 109 cm³/mol. The molecule has 154 valence electrons.